The minimum atomic E-state index is -3.42. The van der Waals surface area contributed by atoms with Crippen LogP contribution in [0.5, 0.6) is 0 Å². The summed E-state index contributed by atoms with van der Waals surface area (Å²) >= 11 is 0. The van der Waals surface area contributed by atoms with E-state index >= 15 is 0 Å². The van der Waals surface area contributed by atoms with Gasteiger partial charge in [0.15, 0.2) is 0 Å². The van der Waals surface area contributed by atoms with Crippen LogP contribution >= 0.6 is 7.60 Å². The van der Waals surface area contributed by atoms with E-state index in [1.165, 1.54) is 0 Å². The van der Waals surface area contributed by atoms with Gasteiger partial charge in [-0.25, -0.2) is 0 Å². The van der Waals surface area contributed by atoms with Crippen LogP contribution in [0.1, 0.15) is 52.9 Å². The van der Waals surface area contributed by atoms with E-state index in [2.05, 4.69) is 0 Å². The van der Waals surface area contributed by atoms with E-state index in [9.17, 15) is 14.5 Å². The predicted molar refractivity (Wildman–Crippen MR) is 84.3 cm³/mol. The number of unbranched alkanes of at least 4 members (excludes halogenated alkanes) is 2. The topological polar surface area (TPSA) is 85.4 Å². The lowest BCUT2D eigenvalue weighted by Gasteiger charge is -2.28. The van der Waals surface area contributed by atoms with Crippen molar-refractivity contribution in [2.45, 2.75) is 59.0 Å². The van der Waals surface area contributed by atoms with Gasteiger partial charge in [0, 0.05) is 0 Å². The lowest BCUT2D eigenvalue weighted by Crippen LogP contribution is -2.34. The second-order valence-corrected chi connectivity index (χ2v) is 8.22. The van der Waals surface area contributed by atoms with Crippen LogP contribution in [0.25, 0.3) is 0 Å². The maximum atomic E-state index is 12.9. The molecule has 0 radical (unpaired) electrons. The minimum absolute atomic E-state index is 0.0548. The number of hydrogen-bond acceptors (Lipinski definition) is 5. The number of rotatable bonds is 13. The smallest absolute Gasteiger partial charge is 0.331 e. The third kappa shape index (κ3) is 6.78. The molecule has 130 valence electrons. The van der Waals surface area contributed by atoms with E-state index in [1.807, 2.05) is 13.8 Å². The Morgan fingerprint density at radius 3 is 2.14 bits per heavy atom. The summed E-state index contributed by atoms with van der Waals surface area (Å²) in [6, 6.07) is 0. The van der Waals surface area contributed by atoms with Gasteiger partial charge in [0.25, 0.3) is 0 Å². The molecule has 0 saturated carbocycles. The van der Waals surface area contributed by atoms with Crippen molar-refractivity contribution < 1.29 is 28.3 Å². The number of carbonyl (C=O) groups is 1. The normalized spacial score (nSPS) is 20.6. The molecular formula is C15H29O6P. The van der Waals surface area contributed by atoms with Gasteiger partial charge in [-0.2, -0.15) is 0 Å². The Morgan fingerprint density at radius 2 is 1.77 bits per heavy atom. The Morgan fingerprint density at radius 1 is 1.27 bits per heavy atom. The van der Waals surface area contributed by atoms with Gasteiger partial charge in [-0.05, 0) is 26.2 Å². The number of ether oxygens (including phenoxy) is 1. The summed E-state index contributed by atoms with van der Waals surface area (Å²) in [6.45, 7) is 6.84. The van der Waals surface area contributed by atoms with Crippen molar-refractivity contribution in [3.05, 3.63) is 0 Å². The third-order valence-corrected chi connectivity index (χ3v) is 5.95. The lowest BCUT2D eigenvalue weighted by atomic mass is 9.88. The van der Waals surface area contributed by atoms with Crippen LogP contribution in [0.3, 0.4) is 0 Å². The maximum absolute atomic E-state index is 12.9. The van der Waals surface area contributed by atoms with Crippen LogP contribution in [-0.4, -0.2) is 43.2 Å². The van der Waals surface area contributed by atoms with Gasteiger partial charge in [-0.1, -0.05) is 26.7 Å². The number of hydrogen-bond donors (Lipinski definition) is 1. The molecule has 1 saturated heterocycles. The largest absolute Gasteiger partial charge is 0.481 e. The Hall–Kier alpha value is -0.420. The molecule has 1 rings (SSSR count). The minimum Gasteiger partial charge on any atom is -0.481 e. The second kappa shape index (κ2) is 9.02. The van der Waals surface area contributed by atoms with Crippen molar-refractivity contribution >= 4 is 13.6 Å². The van der Waals surface area contributed by atoms with Crippen LogP contribution in [-0.2, 0) is 23.1 Å². The standard InChI is InChI=1S/C15H29O6P/c1-4-6-8-20-22(18,21-9-7-5-2)12-15(3,14(16)17)10-13-11-19-13/h13H,4-12H2,1-3H3,(H,16,17). The number of epoxide rings is 1. The van der Waals surface area contributed by atoms with Gasteiger partial charge in [0.2, 0.25) is 0 Å². The van der Waals surface area contributed by atoms with Crippen molar-refractivity contribution in [2.75, 3.05) is 26.0 Å². The first-order valence-electron chi connectivity index (χ1n) is 8.08. The Labute approximate surface area is 133 Å². The SMILES string of the molecule is CCCCOP(=O)(CC(C)(CC1CO1)C(=O)O)OCCCC. The zero-order chi connectivity index (χ0) is 16.6. The summed E-state index contributed by atoms with van der Waals surface area (Å²) in [7, 11) is -3.42. The molecule has 1 aliphatic rings. The van der Waals surface area contributed by atoms with E-state index in [0.717, 1.165) is 25.7 Å². The molecule has 22 heavy (non-hydrogen) atoms. The van der Waals surface area contributed by atoms with Crippen LogP contribution < -0.4 is 0 Å². The van der Waals surface area contributed by atoms with E-state index in [-0.39, 0.29) is 12.3 Å². The highest BCUT2D eigenvalue weighted by molar-refractivity contribution is 7.53. The zero-order valence-electron chi connectivity index (χ0n) is 13.9. The monoisotopic (exact) mass is 336 g/mol. The van der Waals surface area contributed by atoms with E-state index < -0.39 is 19.0 Å². The average Bonchev–Trinajstić information content (AvgIpc) is 3.22. The molecular weight excluding hydrogens is 307 g/mol. The fraction of sp³-hybridized carbons (Fsp3) is 0.933. The molecule has 0 bridgehead atoms. The third-order valence-electron chi connectivity index (χ3n) is 3.71. The molecule has 1 N–H and O–H groups in total. The molecule has 2 atom stereocenters. The number of carboxylic acid groups (broad SMARTS) is 1. The van der Waals surface area contributed by atoms with Gasteiger partial charge in [-0.3, -0.25) is 9.36 Å². The summed E-state index contributed by atoms with van der Waals surface area (Å²) in [5, 5.41) is 9.53. The Bertz CT molecular complexity index is 381. The summed E-state index contributed by atoms with van der Waals surface area (Å²) in [5.41, 5.74) is -1.16. The summed E-state index contributed by atoms with van der Waals surface area (Å²) in [5.74, 6) is -0.985. The Kier molecular flexibility index (Phi) is 8.04. The quantitative estimate of drug-likeness (QED) is 0.314. The molecule has 1 fully saturated rings. The van der Waals surface area contributed by atoms with Crippen LogP contribution in [0.2, 0.25) is 0 Å². The first-order chi connectivity index (χ1) is 10.4. The second-order valence-electron chi connectivity index (χ2n) is 6.17. The van der Waals surface area contributed by atoms with Crippen LogP contribution in [0.15, 0.2) is 0 Å². The highest BCUT2D eigenvalue weighted by Crippen LogP contribution is 2.54. The predicted octanol–water partition coefficient (Wildman–Crippen LogP) is 3.69. The molecule has 7 heteroatoms. The lowest BCUT2D eigenvalue weighted by molar-refractivity contribution is -0.147. The molecule has 0 aromatic carbocycles. The van der Waals surface area contributed by atoms with E-state index in [1.54, 1.807) is 6.92 Å². The maximum Gasteiger partial charge on any atom is 0.331 e. The molecule has 2 unspecified atom stereocenters. The summed E-state index contributed by atoms with van der Waals surface area (Å²) < 4.78 is 29.1. The molecule has 0 aromatic rings. The molecule has 1 heterocycles. The first-order valence-corrected chi connectivity index (χ1v) is 9.81. The number of carboxylic acids is 1. The van der Waals surface area contributed by atoms with Gasteiger partial charge < -0.3 is 18.9 Å². The van der Waals surface area contributed by atoms with Crippen molar-refractivity contribution in [3.63, 3.8) is 0 Å². The van der Waals surface area contributed by atoms with E-state index in [4.69, 9.17) is 13.8 Å². The van der Waals surface area contributed by atoms with E-state index in [0.29, 0.717) is 26.2 Å². The van der Waals surface area contributed by atoms with Gasteiger partial charge in [0.1, 0.15) is 0 Å². The molecule has 0 aliphatic carbocycles. The summed E-state index contributed by atoms with van der Waals surface area (Å²) in [4.78, 5) is 11.6. The van der Waals surface area contributed by atoms with Crippen LogP contribution in [0.4, 0.5) is 0 Å². The molecule has 0 amide bonds. The van der Waals surface area contributed by atoms with Gasteiger partial charge >= 0.3 is 13.6 Å². The molecule has 0 spiro atoms. The van der Waals surface area contributed by atoms with Crippen molar-refractivity contribution in [2.24, 2.45) is 5.41 Å². The van der Waals surface area contributed by atoms with Gasteiger partial charge in [0.05, 0.1) is 37.5 Å². The van der Waals surface area contributed by atoms with Crippen molar-refractivity contribution in [1.82, 2.24) is 0 Å². The highest BCUT2D eigenvalue weighted by atomic mass is 31.2. The fourth-order valence-electron chi connectivity index (χ4n) is 2.16. The number of aliphatic carboxylic acids is 1. The molecule has 6 nitrogen and oxygen atoms in total. The van der Waals surface area contributed by atoms with Gasteiger partial charge in [-0.15, -0.1) is 0 Å². The highest BCUT2D eigenvalue weighted by Gasteiger charge is 2.46. The molecule has 1 aliphatic heterocycles. The Balaban J connectivity index is 2.73. The zero-order valence-corrected chi connectivity index (χ0v) is 14.8. The fourth-order valence-corrected chi connectivity index (χ4v) is 4.35. The first kappa shape index (κ1) is 19.6. The van der Waals surface area contributed by atoms with Crippen molar-refractivity contribution in [1.29, 1.82) is 0 Å². The van der Waals surface area contributed by atoms with Crippen molar-refractivity contribution in [3.8, 4) is 0 Å². The summed E-state index contributed by atoms with van der Waals surface area (Å²) in [6.07, 6.45) is 3.56. The molecule has 0 aromatic heterocycles. The average molecular weight is 336 g/mol. The van der Waals surface area contributed by atoms with Crippen LogP contribution in [0, 0.1) is 5.41 Å².